The SMILES string of the molecule is CCN1c2cc(Cl)c(C=Nc3ccc(Oc4cccc(OC)c4)cc3)cc2C(C)=CC1(C)C. The molecule has 0 aliphatic carbocycles. The van der Waals surface area contributed by atoms with E-state index < -0.39 is 0 Å². The summed E-state index contributed by atoms with van der Waals surface area (Å²) in [6.07, 6.45) is 4.14. The van der Waals surface area contributed by atoms with Crippen molar-refractivity contribution in [1.82, 2.24) is 0 Å². The number of halogens is 1. The Balaban J connectivity index is 1.54. The Bertz CT molecular complexity index is 1210. The number of methoxy groups -OCH3 is 1. The van der Waals surface area contributed by atoms with Gasteiger partial charge in [0.05, 0.1) is 23.4 Å². The molecule has 0 radical (unpaired) electrons. The summed E-state index contributed by atoms with van der Waals surface area (Å²) < 4.78 is 11.1. The van der Waals surface area contributed by atoms with Crippen LogP contribution in [-0.2, 0) is 0 Å². The number of anilines is 1. The molecule has 0 aromatic heterocycles. The highest BCUT2D eigenvalue weighted by Crippen LogP contribution is 2.41. The predicted molar refractivity (Wildman–Crippen MR) is 139 cm³/mol. The Hall–Kier alpha value is -3.24. The number of benzene rings is 3. The third-order valence-corrected chi connectivity index (χ3v) is 6.21. The van der Waals surface area contributed by atoms with Crippen LogP contribution in [-0.4, -0.2) is 25.4 Å². The molecule has 3 aromatic rings. The Morgan fingerprint density at radius 2 is 1.73 bits per heavy atom. The van der Waals surface area contributed by atoms with Gasteiger partial charge in [0.25, 0.3) is 0 Å². The zero-order valence-electron chi connectivity index (χ0n) is 19.7. The standard InChI is InChI=1S/C28H29ClN2O2/c1-6-31-27-16-26(29)20(14-25(27)19(2)17-28(31,3)4)18-30-21-10-12-22(13-11-21)33-24-9-7-8-23(15-24)32-5/h7-18H,6H2,1-5H3. The van der Waals surface area contributed by atoms with E-state index in [0.29, 0.717) is 5.02 Å². The van der Waals surface area contributed by atoms with Crippen molar-refractivity contribution in [3.8, 4) is 17.2 Å². The Morgan fingerprint density at radius 3 is 2.42 bits per heavy atom. The average molecular weight is 461 g/mol. The van der Waals surface area contributed by atoms with Crippen LogP contribution in [0.2, 0.25) is 5.02 Å². The van der Waals surface area contributed by atoms with Crippen LogP contribution in [0.15, 0.2) is 71.7 Å². The van der Waals surface area contributed by atoms with E-state index in [2.05, 4.69) is 55.8 Å². The molecule has 3 aromatic carbocycles. The van der Waals surface area contributed by atoms with E-state index in [-0.39, 0.29) is 5.54 Å². The quantitative estimate of drug-likeness (QED) is 0.350. The van der Waals surface area contributed by atoms with Gasteiger partial charge in [-0.05, 0) is 81.8 Å². The summed E-state index contributed by atoms with van der Waals surface area (Å²) >= 11 is 6.66. The second kappa shape index (κ2) is 9.32. The predicted octanol–water partition coefficient (Wildman–Crippen LogP) is 7.91. The third kappa shape index (κ3) is 4.91. The Morgan fingerprint density at radius 1 is 1.00 bits per heavy atom. The second-order valence-electron chi connectivity index (χ2n) is 8.65. The number of allylic oxidation sites excluding steroid dienone is 1. The molecule has 1 heterocycles. The number of aliphatic imine (C=N–C) groups is 1. The van der Waals surface area contributed by atoms with Gasteiger partial charge in [0, 0.05) is 35.6 Å². The molecule has 0 atom stereocenters. The molecule has 0 bridgehead atoms. The normalized spacial score (nSPS) is 14.7. The fourth-order valence-electron chi connectivity index (χ4n) is 4.34. The van der Waals surface area contributed by atoms with Crippen LogP contribution >= 0.6 is 11.6 Å². The molecule has 170 valence electrons. The molecule has 0 spiro atoms. The van der Waals surface area contributed by atoms with Crippen molar-refractivity contribution in [2.75, 3.05) is 18.6 Å². The maximum Gasteiger partial charge on any atom is 0.131 e. The monoisotopic (exact) mass is 460 g/mol. The van der Waals surface area contributed by atoms with Gasteiger partial charge in [-0.15, -0.1) is 0 Å². The molecule has 0 unspecified atom stereocenters. The van der Waals surface area contributed by atoms with E-state index in [9.17, 15) is 0 Å². The summed E-state index contributed by atoms with van der Waals surface area (Å²) in [7, 11) is 1.64. The first-order valence-corrected chi connectivity index (χ1v) is 11.5. The highest BCUT2D eigenvalue weighted by Gasteiger charge is 2.30. The van der Waals surface area contributed by atoms with Crippen LogP contribution in [0, 0.1) is 0 Å². The minimum atomic E-state index is -0.0422. The van der Waals surface area contributed by atoms with Gasteiger partial charge in [0.1, 0.15) is 17.2 Å². The van der Waals surface area contributed by atoms with Gasteiger partial charge >= 0.3 is 0 Å². The first-order valence-electron chi connectivity index (χ1n) is 11.1. The smallest absolute Gasteiger partial charge is 0.131 e. The van der Waals surface area contributed by atoms with Gasteiger partial charge in [-0.3, -0.25) is 4.99 Å². The van der Waals surface area contributed by atoms with E-state index in [1.165, 1.54) is 16.8 Å². The van der Waals surface area contributed by atoms with E-state index in [4.69, 9.17) is 21.1 Å². The second-order valence-corrected chi connectivity index (χ2v) is 9.06. The Labute approximate surface area is 201 Å². The van der Waals surface area contributed by atoms with Gasteiger partial charge in [-0.1, -0.05) is 23.7 Å². The summed E-state index contributed by atoms with van der Waals surface area (Å²) in [5.41, 5.74) is 5.30. The van der Waals surface area contributed by atoms with Crippen molar-refractivity contribution in [1.29, 1.82) is 0 Å². The molecule has 0 saturated heterocycles. The molecule has 0 saturated carbocycles. The van der Waals surface area contributed by atoms with Crippen molar-refractivity contribution in [3.05, 3.63) is 82.9 Å². The maximum absolute atomic E-state index is 6.66. The summed E-state index contributed by atoms with van der Waals surface area (Å²) in [6.45, 7) is 9.70. The van der Waals surface area contributed by atoms with E-state index in [1.54, 1.807) is 7.11 Å². The topological polar surface area (TPSA) is 34.1 Å². The number of rotatable bonds is 6. The van der Waals surface area contributed by atoms with Crippen LogP contribution in [0.3, 0.4) is 0 Å². The van der Waals surface area contributed by atoms with Crippen LogP contribution in [0.25, 0.3) is 5.57 Å². The highest BCUT2D eigenvalue weighted by atomic mass is 35.5. The molecule has 0 N–H and O–H groups in total. The lowest BCUT2D eigenvalue weighted by atomic mass is 9.88. The van der Waals surface area contributed by atoms with Gasteiger partial charge in [-0.25, -0.2) is 0 Å². The van der Waals surface area contributed by atoms with Gasteiger partial charge in [0.15, 0.2) is 0 Å². The van der Waals surface area contributed by atoms with E-state index >= 15 is 0 Å². The van der Waals surface area contributed by atoms with Crippen molar-refractivity contribution in [2.45, 2.75) is 33.2 Å². The van der Waals surface area contributed by atoms with E-state index in [1.807, 2.05) is 54.7 Å². The average Bonchev–Trinajstić information content (AvgIpc) is 2.79. The van der Waals surface area contributed by atoms with Crippen molar-refractivity contribution >= 4 is 34.8 Å². The fraction of sp³-hybridized carbons (Fsp3) is 0.250. The first-order chi connectivity index (χ1) is 15.8. The van der Waals surface area contributed by atoms with Crippen LogP contribution in [0.5, 0.6) is 17.2 Å². The lowest BCUT2D eigenvalue weighted by Gasteiger charge is -2.43. The minimum absolute atomic E-state index is 0.0422. The summed E-state index contributed by atoms with van der Waals surface area (Å²) in [5, 5.41) is 0.694. The lowest BCUT2D eigenvalue weighted by Crippen LogP contribution is -2.44. The lowest BCUT2D eigenvalue weighted by molar-refractivity contribution is 0.409. The molecule has 0 fully saturated rings. The maximum atomic E-state index is 6.66. The molecule has 33 heavy (non-hydrogen) atoms. The molecular formula is C28H29ClN2O2. The van der Waals surface area contributed by atoms with Crippen molar-refractivity contribution < 1.29 is 9.47 Å². The van der Waals surface area contributed by atoms with Gasteiger partial charge in [-0.2, -0.15) is 0 Å². The Kier molecular flexibility index (Phi) is 6.48. The number of ether oxygens (including phenoxy) is 2. The molecule has 1 aliphatic rings. The molecule has 5 heteroatoms. The number of nitrogens with zero attached hydrogens (tertiary/aromatic N) is 2. The van der Waals surface area contributed by atoms with Crippen LogP contribution in [0.4, 0.5) is 11.4 Å². The zero-order chi connectivity index (χ0) is 23.6. The van der Waals surface area contributed by atoms with Crippen molar-refractivity contribution in [2.24, 2.45) is 4.99 Å². The van der Waals surface area contributed by atoms with Gasteiger partial charge < -0.3 is 14.4 Å². The molecule has 4 nitrogen and oxygen atoms in total. The largest absolute Gasteiger partial charge is 0.497 e. The van der Waals surface area contributed by atoms with E-state index in [0.717, 1.165) is 35.0 Å². The number of hydrogen-bond donors (Lipinski definition) is 0. The summed E-state index contributed by atoms with van der Waals surface area (Å²) in [4.78, 5) is 7.01. The molecule has 4 rings (SSSR count). The highest BCUT2D eigenvalue weighted by molar-refractivity contribution is 6.33. The first kappa shape index (κ1) is 22.9. The summed E-state index contributed by atoms with van der Waals surface area (Å²) in [5.74, 6) is 2.21. The van der Waals surface area contributed by atoms with Gasteiger partial charge in [0.2, 0.25) is 0 Å². The van der Waals surface area contributed by atoms with Crippen molar-refractivity contribution in [3.63, 3.8) is 0 Å². The number of hydrogen-bond acceptors (Lipinski definition) is 4. The third-order valence-electron chi connectivity index (χ3n) is 5.88. The zero-order valence-corrected chi connectivity index (χ0v) is 20.5. The summed E-state index contributed by atoms with van der Waals surface area (Å²) in [6, 6.07) is 19.3. The fourth-order valence-corrected chi connectivity index (χ4v) is 4.54. The van der Waals surface area contributed by atoms with Crippen LogP contribution in [0.1, 0.15) is 38.8 Å². The molecule has 0 amide bonds. The number of likely N-dealkylation sites (N-methyl/N-ethyl adjacent to an activating group) is 1. The van der Waals surface area contributed by atoms with Crippen LogP contribution < -0.4 is 14.4 Å². The number of fused-ring (bicyclic) bond motifs is 1. The molecule has 1 aliphatic heterocycles. The molecular weight excluding hydrogens is 432 g/mol. The minimum Gasteiger partial charge on any atom is -0.497 e.